The fourth-order valence-electron chi connectivity index (χ4n) is 2.79. The van der Waals surface area contributed by atoms with Gasteiger partial charge in [0.1, 0.15) is 9.09 Å². The molecule has 0 aromatic carbocycles. The predicted octanol–water partition coefficient (Wildman–Crippen LogP) is 3.08. The van der Waals surface area contributed by atoms with Gasteiger partial charge in [0.2, 0.25) is 10.0 Å². The molecule has 21 heavy (non-hydrogen) atoms. The smallest absolute Gasteiger partial charge is 0.345 e. The number of hydrogen-bond donors (Lipinski definition) is 2. The second-order valence-corrected chi connectivity index (χ2v) is 8.61. The monoisotopic (exact) mass is 331 g/mol. The summed E-state index contributed by atoms with van der Waals surface area (Å²) in [4.78, 5) is 10.9. The number of carboxylic acid groups (broad SMARTS) is 1. The van der Waals surface area contributed by atoms with Crippen molar-refractivity contribution in [3.8, 4) is 0 Å². The van der Waals surface area contributed by atoms with Crippen molar-refractivity contribution in [2.24, 2.45) is 5.92 Å². The topological polar surface area (TPSA) is 83.5 Å². The summed E-state index contributed by atoms with van der Waals surface area (Å²) in [5.41, 5.74) is 0. The molecule has 0 amide bonds. The van der Waals surface area contributed by atoms with E-state index in [1.165, 1.54) is 25.0 Å². The lowest BCUT2D eigenvalue weighted by Crippen LogP contribution is -2.37. The summed E-state index contributed by atoms with van der Waals surface area (Å²) in [7, 11) is -3.63. The fraction of sp³-hybridized carbons (Fsp3) is 0.643. The van der Waals surface area contributed by atoms with Gasteiger partial charge in [-0.25, -0.2) is 17.9 Å². The van der Waals surface area contributed by atoms with E-state index in [0.29, 0.717) is 5.92 Å². The summed E-state index contributed by atoms with van der Waals surface area (Å²) >= 11 is 0.791. The lowest BCUT2D eigenvalue weighted by atomic mass is 9.94. The van der Waals surface area contributed by atoms with Crippen LogP contribution in [-0.4, -0.2) is 25.5 Å². The first-order chi connectivity index (χ1) is 9.90. The highest BCUT2D eigenvalue weighted by molar-refractivity contribution is 7.91. The van der Waals surface area contributed by atoms with Gasteiger partial charge in [-0.05, 0) is 37.8 Å². The first kappa shape index (κ1) is 16.5. The maximum Gasteiger partial charge on any atom is 0.345 e. The molecule has 2 N–H and O–H groups in total. The van der Waals surface area contributed by atoms with Crippen LogP contribution in [0.15, 0.2) is 16.3 Å². The van der Waals surface area contributed by atoms with Gasteiger partial charge in [0.05, 0.1) is 0 Å². The zero-order chi connectivity index (χ0) is 15.5. The number of thiophene rings is 1. The van der Waals surface area contributed by atoms with Crippen LogP contribution in [0, 0.1) is 5.92 Å². The van der Waals surface area contributed by atoms with Crippen LogP contribution in [0.5, 0.6) is 0 Å². The third kappa shape index (κ3) is 4.28. The minimum atomic E-state index is -3.63. The normalized spacial score (nSPS) is 19.1. The summed E-state index contributed by atoms with van der Waals surface area (Å²) in [6.45, 7) is 1.90. The minimum Gasteiger partial charge on any atom is -0.477 e. The molecule has 0 radical (unpaired) electrons. The van der Waals surface area contributed by atoms with Crippen LogP contribution in [0.3, 0.4) is 0 Å². The molecule has 5 nitrogen and oxygen atoms in total. The molecule has 2 rings (SSSR count). The molecule has 1 aromatic heterocycles. The summed E-state index contributed by atoms with van der Waals surface area (Å²) in [6, 6.07) is 2.57. The highest BCUT2D eigenvalue weighted by atomic mass is 32.2. The van der Waals surface area contributed by atoms with Crippen molar-refractivity contribution < 1.29 is 18.3 Å². The number of sulfonamides is 1. The van der Waals surface area contributed by atoms with Crippen LogP contribution in [-0.2, 0) is 10.0 Å². The highest BCUT2D eigenvalue weighted by Crippen LogP contribution is 2.27. The van der Waals surface area contributed by atoms with Gasteiger partial charge in [0, 0.05) is 6.04 Å². The SMILES string of the molecule is C[C@@H](NS(=O)(=O)c1ccc(C(=O)O)s1)C1CCCCCC1. The van der Waals surface area contributed by atoms with Gasteiger partial charge < -0.3 is 5.11 Å². The van der Waals surface area contributed by atoms with E-state index in [9.17, 15) is 13.2 Å². The number of hydrogen-bond acceptors (Lipinski definition) is 4. The van der Waals surface area contributed by atoms with E-state index in [-0.39, 0.29) is 15.1 Å². The van der Waals surface area contributed by atoms with Crippen molar-refractivity contribution in [3.63, 3.8) is 0 Å². The molecule has 1 atom stereocenters. The minimum absolute atomic E-state index is 0.0393. The molecular weight excluding hydrogens is 310 g/mol. The van der Waals surface area contributed by atoms with Crippen molar-refractivity contribution in [3.05, 3.63) is 17.0 Å². The van der Waals surface area contributed by atoms with Gasteiger partial charge in [-0.15, -0.1) is 11.3 Å². The highest BCUT2D eigenvalue weighted by Gasteiger charge is 2.26. The van der Waals surface area contributed by atoms with Crippen LogP contribution in [0.4, 0.5) is 0 Å². The molecule has 0 aliphatic heterocycles. The maximum atomic E-state index is 12.3. The molecule has 1 fully saturated rings. The quantitative estimate of drug-likeness (QED) is 0.812. The van der Waals surface area contributed by atoms with Gasteiger partial charge in [-0.1, -0.05) is 25.7 Å². The van der Waals surface area contributed by atoms with E-state index in [0.717, 1.165) is 37.0 Å². The number of aromatic carboxylic acids is 1. The molecule has 0 bridgehead atoms. The summed E-state index contributed by atoms with van der Waals surface area (Å²) in [5, 5.41) is 8.88. The Morgan fingerprint density at radius 2 is 1.90 bits per heavy atom. The second kappa shape index (κ2) is 6.89. The summed E-state index contributed by atoms with van der Waals surface area (Å²) in [6.07, 6.45) is 6.85. The molecular formula is C14H21NO4S2. The largest absolute Gasteiger partial charge is 0.477 e. The first-order valence-corrected chi connectivity index (χ1v) is 9.55. The number of rotatable bonds is 5. The van der Waals surface area contributed by atoms with E-state index in [2.05, 4.69) is 4.72 Å². The summed E-state index contributed by atoms with van der Waals surface area (Å²) in [5.74, 6) is -0.737. The van der Waals surface area contributed by atoms with E-state index < -0.39 is 16.0 Å². The van der Waals surface area contributed by atoms with Gasteiger partial charge in [-0.3, -0.25) is 0 Å². The second-order valence-electron chi connectivity index (χ2n) is 5.59. The molecule has 1 aromatic rings. The Morgan fingerprint density at radius 1 is 1.29 bits per heavy atom. The molecule has 118 valence electrons. The Morgan fingerprint density at radius 3 is 2.43 bits per heavy atom. The van der Waals surface area contributed by atoms with Gasteiger partial charge in [0.15, 0.2) is 0 Å². The maximum absolute atomic E-state index is 12.3. The fourth-order valence-corrected chi connectivity index (χ4v) is 5.26. The van der Waals surface area contributed by atoms with E-state index in [4.69, 9.17) is 5.11 Å². The van der Waals surface area contributed by atoms with Gasteiger partial charge in [0.25, 0.3) is 0 Å². The van der Waals surface area contributed by atoms with Crippen LogP contribution < -0.4 is 4.72 Å². The first-order valence-electron chi connectivity index (χ1n) is 7.25. The van der Waals surface area contributed by atoms with Crippen molar-refractivity contribution in [1.29, 1.82) is 0 Å². The Labute approximate surface area is 129 Å². The van der Waals surface area contributed by atoms with Crippen molar-refractivity contribution >= 4 is 27.3 Å². The molecule has 1 saturated carbocycles. The van der Waals surface area contributed by atoms with Crippen LogP contribution in [0.1, 0.15) is 55.1 Å². The Bertz CT molecular complexity index is 586. The molecule has 1 aliphatic carbocycles. The number of carboxylic acids is 1. The average molecular weight is 331 g/mol. The molecule has 1 heterocycles. The molecule has 0 saturated heterocycles. The zero-order valence-electron chi connectivity index (χ0n) is 12.0. The van der Waals surface area contributed by atoms with Crippen molar-refractivity contribution in [1.82, 2.24) is 4.72 Å². The number of carbonyl (C=O) groups is 1. The van der Waals surface area contributed by atoms with E-state index in [1.54, 1.807) is 0 Å². The lowest BCUT2D eigenvalue weighted by molar-refractivity contribution is 0.0702. The molecule has 7 heteroatoms. The lowest BCUT2D eigenvalue weighted by Gasteiger charge is -2.23. The Hall–Kier alpha value is -0.920. The van der Waals surface area contributed by atoms with E-state index >= 15 is 0 Å². The molecule has 0 unspecified atom stereocenters. The van der Waals surface area contributed by atoms with E-state index in [1.807, 2.05) is 6.92 Å². The number of nitrogens with one attached hydrogen (secondary N) is 1. The van der Waals surface area contributed by atoms with Gasteiger partial charge in [-0.2, -0.15) is 0 Å². The third-order valence-electron chi connectivity index (χ3n) is 4.00. The van der Waals surface area contributed by atoms with Crippen LogP contribution in [0.25, 0.3) is 0 Å². The van der Waals surface area contributed by atoms with Crippen LogP contribution in [0.2, 0.25) is 0 Å². The average Bonchev–Trinajstić information content (AvgIpc) is 2.76. The van der Waals surface area contributed by atoms with Crippen molar-refractivity contribution in [2.45, 2.75) is 55.7 Å². The Kier molecular flexibility index (Phi) is 5.40. The Balaban J connectivity index is 2.06. The summed E-state index contributed by atoms with van der Waals surface area (Å²) < 4.78 is 27.4. The predicted molar refractivity (Wildman–Crippen MR) is 82.3 cm³/mol. The van der Waals surface area contributed by atoms with Crippen molar-refractivity contribution in [2.75, 3.05) is 0 Å². The van der Waals surface area contributed by atoms with Crippen LogP contribution >= 0.6 is 11.3 Å². The molecule has 1 aliphatic rings. The van der Waals surface area contributed by atoms with Gasteiger partial charge >= 0.3 is 5.97 Å². The third-order valence-corrected chi connectivity index (χ3v) is 7.13. The zero-order valence-corrected chi connectivity index (χ0v) is 13.7. The molecule has 0 spiro atoms. The standard InChI is InChI=1S/C14H21NO4S2/c1-10(11-6-4-2-3-5-7-11)15-21(18,19)13-9-8-12(20-13)14(16)17/h8-11,15H,2-7H2,1H3,(H,16,17)/t10-/m1/s1.